The fraction of sp³-hybridized carbons (Fsp3) is 0.680. The molecule has 63 heavy (non-hydrogen) atoms. The van der Waals surface area contributed by atoms with Crippen molar-refractivity contribution in [3.05, 3.63) is 24.3 Å². The Bertz CT molecular complexity index is 1850. The highest BCUT2D eigenvalue weighted by Crippen LogP contribution is 2.57. The van der Waals surface area contributed by atoms with E-state index in [0.29, 0.717) is 62.5 Å². The Morgan fingerprint density at radius 3 is 1.63 bits per heavy atom. The Morgan fingerprint density at radius 1 is 0.651 bits per heavy atom. The van der Waals surface area contributed by atoms with Gasteiger partial charge in [0.25, 0.3) is 0 Å². The molecule has 356 valence electrons. The fourth-order valence-electron chi connectivity index (χ4n) is 7.58. The Hall–Kier alpha value is -4.36. The highest BCUT2D eigenvalue weighted by Gasteiger charge is 2.30. The van der Waals surface area contributed by atoms with Gasteiger partial charge in [-0.3, -0.25) is 4.79 Å². The molecular formula is C50H81N3O10. The van der Waals surface area contributed by atoms with E-state index in [1.165, 1.54) is 44.9 Å². The van der Waals surface area contributed by atoms with Crippen LogP contribution in [0.25, 0.3) is 21.5 Å². The van der Waals surface area contributed by atoms with E-state index >= 15 is 0 Å². The summed E-state index contributed by atoms with van der Waals surface area (Å²) in [5.41, 5.74) is -1.00. The highest BCUT2D eigenvalue weighted by molar-refractivity contribution is 6.16. The normalized spacial score (nSPS) is 13.0. The molecule has 0 saturated heterocycles. The maximum Gasteiger partial charge on any atom is 0.410 e. The SMILES string of the molecule is CCCCCCCCCCCCOc1c(O)c(O)c(OCCCCNC(C)CCOC(=O)N(CCCNC(CC)C(=O)OC(C)(C)C)C(C)(C)C)c2c(O)c3ccccc3c(O)c12. The Labute approximate surface area is 377 Å². The minimum absolute atomic E-state index is 0.0656. The van der Waals surface area contributed by atoms with Crippen LogP contribution in [0.2, 0.25) is 0 Å². The first-order valence-corrected chi connectivity index (χ1v) is 23.7. The summed E-state index contributed by atoms with van der Waals surface area (Å²) in [6.07, 6.45) is 14.3. The van der Waals surface area contributed by atoms with Gasteiger partial charge in [0, 0.05) is 28.9 Å². The lowest BCUT2D eigenvalue weighted by Crippen LogP contribution is -2.48. The van der Waals surface area contributed by atoms with E-state index in [1.807, 2.05) is 55.4 Å². The first-order chi connectivity index (χ1) is 29.9. The number of fused-ring (bicyclic) bond motifs is 2. The second-order valence-electron chi connectivity index (χ2n) is 18.8. The summed E-state index contributed by atoms with van der Waals surface area (Å²) < 4.78 is 23.3. The molecule has 0 heterocycles. The molecule has 3 rings (SSSR count). The standard InChI is InChI=1S/C50H81N3O10/c1-10-12-13-14-15-16-17-18-19-23-32-60-45-39-40(42(55)37-27-21-20-26-36(37)41(39)54)46(44(57)43(45)56)61-33-24-22-29-51-35(3)28-34-62-48(59)53(49(4,5)6)31-25-30-52-38(11-2)47(58)63-50(7,8)9/h20-21,26-27,35,38,51-52,54-57H,10-19,22-25,28-34H2,1-9H3. The van der Waals surface area contributed by atoms with Crippen LogP contribution < -0.4 is 20.1 Å². The van der Waals surface area contributed by atoms with Gasteiger partial charge in [-0.1, -0.05) is 95.9 Å². The van der Waals surface area contributed by atoms with Crippen LogP contribution in [0.1, 0.15) is 159 Å². The molecule has 13 nitrogen and oxygen atoms in total. The van der Waals surface area contributed by atoms with Gasteiger partial charge >= 0.3 is 12.1 Å². The van der Waals surface area contributed by atoms with Crippen molar-refractivity contribution in [2.75, 3.05) is 39.5 Å². The molecule has 0 fully saturated rings. The Kier molecular flexibility index (Phi) is 22.2. The number of aromatic hydroxyl groups is 4. The lowest BCUT2D eigenvalue weighted by atomic mass is 9.98. The topological polar surface area (TPSA) is 179 Å². The van der Waals surface area contributed by atoms with E-state index in [4.69, 9.17) is 18.9 Å². The number of phenolic OH excluding ortho intramolecular Hbond substituents is 4. The van der Waals surface area contributed by atoms with Gasteiger partial charge in [0.15, 0.2) is 11.5 Å². The molecule has 3 aromatic carbocycles. The van der Waals surface area contributed by atoms with Crippen molar-refractivity contribution in [2.24, 2.45) is 0 Å². The summed E-state index contributed by atoms with van der Waals surface area (Å²) in [6, 6.07) is 6.51. The number of carbonyl (C=O) groups excluding carboxylic acids is 2. The number of ether oxygens (including phenoxy) is 4. The number of rotatable bonds is 29. The number of carbonyl (C=O) groups is 2. The predicted octanol–water partition coefficient (Wildman–Crippen LogP) is 11.0. The number of nitrogens with zero attached hydrogens (tertiary/aromatic N) is 1. The van der Waals surface area contributed by atoms with Gasteiger partial charge in [-0.25, -0.2) is 4.79 Å². The average Bonchev–Trinajstić information content (AvgIpc) is 3.22. The van der Waals surface area contributed by atoms with Crippen molar-refractivity contribution in [1.29, 1.82) is 0 Å². The fourth-order valence-corrected chi connectivity index (χ4v) is 7.58. The lowest BCUT2D eigenvalue weighted by Gasteiger charge is -2.35. The number of amides is 1. The van der Waals surface area contributed by atoms with Crippen LogP contribution in [0.15, 0.2) is 24.3 Å². The second-order valence-corrected chi connectivity index (χ2v) is 18.8. The first-order valence-electron chi connectivity index (χ1n) is 23.7. The monoisotopic (exact) mass is 884 g/mol. The smallest absolute Gasteiger partial charge is 0.410 e. The summed E-state index contributed by atoms with van der Waals surface area (Å²) in [7, 11) is 0. The summed E-state index contributed by atoms with van der Waals surface area (Å²) in [4.78, 5) is 27.4. The summed E-state index contributed by atoms with van der Waals surface area (Å²) >= 11 is 0. The number of unbranched alkanes of at least 4 members (excludes halogenated alkanes) is 10. The van der Waals surface area contributed by atoms with E-state index in [9.17, 15) is 30.0 Å². The highest BCUT2D eigenvalue weighted by atomic mass is 16.6. The molecule has 0 bridgehead atoms. The van der Waals surface area contributed by atoms with E-state index in [1.54, 1.807) is 29.2 Å². The Balaban J connectivity index is 1.49. The van der Waals surface area contributed by atoms with E-state index in [-0.39, 0.29) is 71.7 Å². The summed E-state index contributed by atoms with van der Waals surface area (Å²) in [5.74, 6) is -1.96. The van der Waals surface area contributed by atoms with Crippen LogP contribution in [0, 0.1) is 0 Å². The van der Waals surface area contributed by atoms with Crippen molar-refractivity contribution in [3.63, 3.8) is 0 Å². The third kappa shape index (κ3) is 16.9. The van der Waals surface area contributed by atoms with Crippen LogP contribution in [0.3, 0.4) is 0 Å². The number of benzene rings is 3. The van der Waals surface area contributed by atoms with Crippen LogP contribution in [-0.4, -0.2) is 100 Å². The zero-order valence-electron chi connectivity index (χ0n) is 40.0. The molecule has 0 saturated carbocycles. The van der Waals surface area contributed by atoms with Crippen molar-refractivity contribution in [3.8, 4) is 34.5 Å². The molecule has 0 aliphatic heterocycles. The van der Waals surface area contributed by atoms with Gasteiger partial charge in [-0.15, -0.1) is 0 Å². The molecular weight excluding hydrogens is 803 g/mol. The third-order valence-corrected chi connectivity index (χ3v) is 11.2. The van der Waals surface area contributed by atoms with E-state index in [0.717, 1.165) is 19.3 Å². The molecule has 0 aliphatic rings. The summed E-state index contributed by atoms with van der Waals surface area (Å²) in [6.45, 7) is 20.0. The van der Waals surface area contributed by atoms with Crippen LogP contribution >= 0.6 is 0 Å². The number of hydrogen-bond acceptors (Lipinski definition) is 12. The predicted molar refractivity (Wildman–Crippen MR) is 253 cm³/mol. The zero-order valence-corrected chi connectivity index (χ0v) is 40.0. The van der Waals surface area contributed by atoms with Gasteiger partial charge in [-0.2, -0.15) is 0 Å². The molecule has 0 aliphatic carbocycles. The summed E-state index contributed by atoms with van der Waals surface area (Å²) in [5, 5.41) is 53.1. The molecule has 0 aromatic heterocycles. The molecule has 0 radical (unpaired) electrons. The number of esters is 1. The van der Waals surface area contributed by atoms with Crippen molar-refractivity contribution in [2.45, 2.75) is 182 Å². The molecule has 1 amide bonds. The van der Waals surface area contributed by atoms with Gasteiger partial charge in [0.2, 0.25) is 11.5 Å². The number of hydrogen-bond donors (Lipinski definition) is 6. The first kappa shape index (κ1) is 53.0. The zero-order chi connectivity index (χ0) is 46.6. The maximum atomic E-state index is 13.2. The minimum atomic E-state index is -0.558. The third-order valence-electron chi connectivity index (χ3n) is 11.2. The van der Waals surface area contributed by atoms with Crippen molar-refractivity contribution in [1.82, 2.24) is 15.5 Å². The van der Waals surface area contributed by atoms with Crippen molar-refractivity contribution < 1.29 is 49.0 Å². The largest absolute Gasteiger partial charge is 0.506 e. The quantitative estimate of drug-likeness (QED) is 0.0128. The minimum Gasteiger partial charge on any atom is -0.506 e. The Morgan fingerprint density at radius 2 is 1.14 bits per heavy atom. The van der Waals surface area contributed by atoms with Crippen LogP contribution in [-0.2, 0) is 14.3 Å². The van der Waals surface area contributed by atoms with Crippen LogP contribution in [0.4, 0.5) is 4.79 Å². The number of phenols is 4. The van der Waals surface area contributed by atoms with E-state index < -0.39 is 28.7 Å². The molecule has 2 unspecified atom stereocenters. The lowest BCUT2D eigenvalue weighted by molar-refractivity contribution is -0.157. The van der Waals surface area contributed by atoms with Gasteiger partial charge in [0.1, 0.15) is 23.1 Å². The molecule has 13 heteroatoms. The maximum absolute atomic E-state index is 13.2. The second kappa shape index (κ2) is 26.4. The molecule has 3 aromatic rings. The van der Waals surface area contributed by atoms with E-state index in [2.05, 4.69) is 17.6 Å². The molecule has 0 spiro atoms. The molecule has 2 atom stereocenters. The number of nitrogens with one attached hydrogen (secondary N) is 2. The van der Waals surface area contributed by atoms with Gasteiger partial charge < -0.3 is 54.9 Å². The van der Waals surface area contributed by atoms with Crippen molar-refractivity contribution >= 4 is 33.6 Å². The van der Waals surface area contributed by atoms with Gasteiger partial charge in [0.05, 0.1) is 30.6 Å². The molecule has 6 N–H and O–H groups in total. The van der Waals surface area contributed by atoms with Gasteiger partial charge in [-0.05, 0) is 100 Å². The average molecular weight is 884 g/mol. The van der Waals surface area contributed by atoms with Crippen LogP contribution in [0.5, 0.6) is 34.5 Å².